The summed E-state index contributed by atoms with van der Waals surface area (Å²) in [7, 11) is 0. The summed E-state index contributed by atoms with van der Waals surface area (Å²) in [6.07, 6.45) is 7.93. The van der Waals surface area contributed by atoms with Gasteiger partial charge in [0.2, 0.25) is 0 Å². The first-order chi connectivity index (χ1) is 12.0. The van der Waals surface area contributed by atoms with Gasteiger partial charge in [0.1, 0.15) is 5.82 Å². The number of hydrogen-bond acceptors (Lipinski definition) is 3. The van der Waals surface area contributed by atoms with Crippen molar-refractivity contribution in [2.75, 3.05) is 19.6 Å². The lowest BCUT2D eigenvalue weighted by molar-refractivity contribution is 0.0633. The maximum absolute atomic E-state index is 13.1. The first-order valence-corrected chi connectivity index (χ1v) is 9.74. The molecule has 0 unspecified atom stereocenters. The number of rotatable bonds is 5. The van der Waals surface area contributed by atoms with Crippen LogP contribution < -0.4 is 5.73 Å². The highest BCUT2D eigenvalue weighted by Gasteiger charge is 2.37. The molecule has 1 saturated heterocycles. The quantitative estimate of drug-likeness (QED) is 0.819. The van der Waals surface area contributed by atoms with Crippen LogP contribution in [0, 0.1) is 17.2 Å². The van der Waals surface area contributed by atoms with Gasteiger partial charge in [0, 0.05) is 17.0 Å². The molecule has 3 rings (SSSR count). The normalized spacial score (nSPS) is 27.2. The minimum absolute atomic E-state index is 0.161. The van der Waals surface area contributed by atoms with Crippen LogP contribution in [-0.2, 0) is 0 Å². The van der Waals surface area contributed by atoms with Gasteiger partial charge in [-0.15, -0.1) is 0 Å². The van der Waals surface area contributed by atoms with Crippen molar-refractivity contribution in [2.45, 2.75) is 57.9 Å². The van der Waals surface area contributed by atoms with E-state index in [0.717, 1.165) is 38.4 Å². The van der Waals surface area contributed by atoms with Gasteiger partial charge in [0.25, 0.3) is 0 Å². The van der Waals surface area contributed by atoms with Crippen LogP contribution in [-0.4, -0.2) is 36.4 Å². The van der Waals surface area contributed by atoms with Gasteiger partial charge in [-0.1, -0.05) is 6.92 Å². The number of carbonyl (C=O) groups is 1. The molecule has 4 heteroatoms. The zero-order valence-corrected chi connectivity index (χ0v) is 15.3. The minimum Gasteiger partial charge on any atom is -0.328 e. The summed E-state index contributed by atoms with van der Waals surface area (Å²) < 4.78 is 13.1. The standard InChI is InChI=1S/C21H31FN2O/c1-21(20(25)17-4-6-18(22)7-5-17)11-14-24(15-12-21)13-10-16-2-8-19(23)9-3-16/h4-7,16,19H,2-3,8-15,23H2,1H3/t16-,19-. The Kier molecular flexibility index (Phi) is 5.90. The molecule has 1 saturated carbocycles. The van der Waals surface area contributed by atoms with E-state index in [1.165, 1.54) is 44.2 Å². The van der Waals surface area contributed by atoms with Gasteiger partial charge in [-0.3, -0.25) is 4.79 Å². The van der Waals surface area contributed by atoms with Gasteiger partial charge in [-0.2, -0.15) is 0 Å². The van der Waals surface area contributed by atoms with Gasteiger partial charge in [0.15, 0.2) is 5.78 Å². The van der Waals surface area contributed by atoms with E-state index in [-0.39, 0.29) is 17.0 Å². The number of halogens is 1. The fourth-order valence-corrected chi connectivity index (χ4v) is 4.29. The van der Waals surface area contributed by atoms with Gasteiger partial charge in [-0.25, -0.2) is 4.39 Å². The Morgan fingerprint density at radius 3 is 2.36 bits per heavy atom. The third kappa shape index (κ3) is 4.68. The maximum atomic E-state index is 13.1. The van der Waals surface area contributed by atoms with Crippen LogP contribution in [0.4, 0.5) is 4.39 Å². The molecule has 0 spiro atoms. The molecule has 1 aliphatic carbocycles. The molecule has 3 nitrogen and oxygen atoms in total. The molecule has 1 aliphatic heterocycles. The first kappa shape index (κ1) is 18.5. The Hall–Kier alpha value is -1.26. The highest BCUT2D eigenvalue weighted by atomic mass is 19.1. The fraction of sp³-hybridized carbons (Fsp3) is 0.667. The minimum atomic E-state index is -0.314. The van der Waals surface area contributed by atoms with Gasteiger partial charge >= 0.3 is 0 Å². The third-order valence-electron chi connectivity index (χ3n) is 6.36. The number of piperidine rings is 1. The lowest BCUT2D eigenvalue weighted by Gasteiger charge is -2.39. The topological polar surface area (TPSA) is 46.3 Å². The average Bonchev–Trinajstić information content (AvgIpc) is 2.63. The molecule has 0 atom stereocenters. The summed E-state index contributed by atoms with van der Waals surface area (Å²) in [5.74, 6) is 0.697. The smallest absolute Gasteiger partial charge is 0.168 e. The van der Waals surface area contributed by atoms with Crippen LogP contribution in [0.3, 0.4) is 0 Å². The van der Waals surface area contributed by atoms with Gasteiger partial charge < -0.3 is 10.6 Å². The molecule has 0 radical (unpaired) electrons. The van der Waals surface area contributed by atoms with Gasteiger partial charge in [0.05, 0.1) is 0 Å². The molecule has 25 heavy (non-hydrogen) atoms. The van der Waals surface area contributed by atoms with E-state index in [1.54, 1.807) is 12.1 Å². The molecule has 2 aliphatic rings. The average molecular weight is 346 g/mol. The summed E-state index contributed by atoms with van der Waals surface area (Å²) in [6.45, 7) is 5.17. The molecule has 2 N–H and O–H groups in total. The van der Waals surface area contributed by atoms with Crippen molar-refractivity contribution in [3.63, 3.8) is 0 Å². The van der Waals surface area contributed by atoms with E-state index >= 15 is 0 Å². The Labute approximate surface area is 150 Å². The Morgan fingerprint density at radius 1 is 1.16 bits per heavy atom. The number of benzene rings is 1. The van der Waals surface area contributed by atoms with Crippen LogP contribution in [0.15, 0.2) is 24.3 Å². The summed E-state index contributed by atoms with van der Waals surface area (Å²) >= 11 is 0. The van der Waals surface area contributed by atoms with Crippen molar-refractivity contribution in [2.24, 2.45) is 17.1 Å². The molecule has 1 aromatic carbocycles. The zero-order valence-electron chi connectivity index (χ0n) is 15.3. The van der Waals surface area contributed by atoms with Crippen molar-refractivity contribution >= 4 is 5.78 Å². The summed E-state index contributed by atoms with van der Waals surface area (Å²) in [4.78, 5) is 15.3. The molecule has 0 bridgehead atoms. The van der Waals surface area contributed by atoms with Crippen molar-refractivity contribution < 1.29 is 9.18 Å². The van der Waals surface area contributed by atoms with Crippen LogP contribution in [0.5, 0.6) is 0 Å². The van der Waals surface area contributed by atoms with E-state index in [9.17, 15) is 9.18 Å². The van der Waals surface area contributed by atoms with Crippen LogP contribution >= 0.6 is 0 Å². The third-order valence-corrected chi connectivity index (χ3v) is 6.36. The van der Waals surface area contributed by atoms with Crippen molar-refractivity contribution in [3.05, 3.63) is 35.6 Å². The van der Waals surface area contributed by atoms with E-state index < -0.39 is 0 Å². The second kappa shape index (κ2) is 7.96. The predicted octanol–water partition coefficient (Wildman–Crippen LogP) is 4.02. The van der Waals surface area contributed by atoms with E-state index in [1.807, 2.05) is 0 Å². The largest absolute Gasteiger partial charge is 0.328 e. The van der Waals surface area contributed by atoms with Gasteiger partial charge in [-0.05, 0) is 94.8 Å². The van der Waals surface area contributed by atoms with Crippen molar-refractivity contribution in [1.82, 2.24) is 4.90 Å². The van der Waals surface area contributed by atoms with Crippen LogP contribution in [0.1, 0.15) is 62.2 Å². The summed E-state index contributed by atoms with van der Waals surface area (Å²) in [6, 6.07) is 6.40. The number of carbonyl (C=O) groups excluding carboxylic acids is 1. The fourth-order valence-electron chi connectivity index (χ4n) is 4.29. The summed E-state index contributed by atoms with van der Waals surface area (Å²) in [5.41, 5.74) is 6.31. The van der Waals surface area contributed by atoms with Crippen LogP contribution in [0.2, 0.25) is 0 Å². The second-order valence-electron chi connectivity index (χ2n) is 8.31. The number of ketones is 1. The first-order valence-electron chi connectivity index (χ1n) is 9.74. The number of nitrogens with two attached hydrogens (primary N) is 1. The molecule has 0 amide bonds. The highest BCUT2D eigenvalue weighted by molar-refractivity contribution is 6.00. The Balaban J connectivity index is 1.47. The molecule has 2 fully saturated rings. The Bertz CT molecular complexity index is 570. The molecule has 1 heterocycles. The second-order valence-corrected chi connectivity index (χ2v) is 8.31. The Morgan fingerprint density at radius 2 is 1.76 bits per heavy atom. The number of Topliss-reactive ketones (excluding diaryl/α,β-unsaturated/α-hetero) is 1. The SMILES string of the molecule is CC1(C(=O)c2ccc(F)cc2)CCN(CC[C@H]2CC[C@H](N)CC2)CC1. The van der Waals surface area contributed by atoms with E-state index in [0.29, 0.717) is 11.6 Å². The monoisotopic (exact) mass is 346 g/mol. The van der Waals surface area contributed by atoms with Crippen LogP contribution in [0.25, 0.3) is 0 Å². The molecule has 138 valence electrons. The zero-order chi connectivity index (χ0) is 17.9. The van der Waals surface area contributed by atoms with E-state index in [4.69, 9.17) is 5.73 Å². The number of likely N-dealkylation sites (tertiary alicyclic amines) is 1. The highest BCUT2D eigenvalue weighted by Crippen LogP contribution is 2.35. The number of hydrogen-bond donors (Lipinski definition) is 1. The van der Waals surface area contributed by atoms with Crippen molar-refractivity contribution in [3.8, 4) is 0 Å². The lowest BCUT2D eigenvalue weighted by Crippen LogP contribution is -2.43. The summed E-state index contributed by atoms with van der Waals surface area (Å²) in [5, 5.41) is 0. The number of nitrogens with zero attached hydrogens (tertiary/aromatic N) is 1. The molecular formula is C21H31FN2O. The maximum Gasteiger partial charge on any atom is 0.168 e. The van der Waals surface area contributed by atoms with Crippen molar-refractivity contribution in [1.29, 1.82) is 0 Å². The lowest BCUT2D eigenvalue weighted by atomic mass is 9.74. The predicted molar refractivity (Wildman–Crippen MR) is 99.1 cm³/mol. The molecule has 1 aromatic rings. The molecule has 0 aromatic heterocycles. The van der Waals surface area contributed by atoms with E-state index in [2.05, 4.69) is 11.8 Å². The molecular weight excluding hydrogens is 315 g/mol.